The van der Waals surface area contributed by atoms with E-state index in [1.54, 1.807) is 0 Å². The number of nitrogens with one attached hydrogen (secondary N) is 1. The Bertz CT molecular complexity index is 807. The van der Waals surface area contributed by atoms with Crippen molar-refractivity contribution in [3.8, 4) is 11.5 Å². The number of rotatable bonds is 5. The summed E-state index contributed by atoms with van der Waals surface area (Å²) in [6.45, 7) is 3.93. The number of fused-ring (bicyclic) bond motifs is 1. The summed E-state index contributed by atoms with van der Waals surface area (Å²) in [5.41, 5.74) is 3.51. The van der Waals surface area contributed by atoms with Gasteiger partial charge in [0.15, 0.2) is 11.5 Å². The average Bonchev–Trinajstić information content (AvgIpc) is 3.18. The van der Waals surface area contributed by atoms with Crippen molar-refractivity contribution < 1.29 is 14.3 Å². The van der Waals surface area contributed by atoms with Crippen LogP contribution in [0, 0.1) is 6.92 Å². The fourth-order valence-corrected chi connectivity index (χ4v) is 4.21. The van der Waals surface area contributed by atoms with Crippen LogP contribution in [0.1, 0.15) is 42.4 Å². The molecule has 4 nitrogen and oxygen atoms in total. The van der Waals surface area contributed by atoms with Gasteiger partial charge >= 0.3 is 0 Å². The lowest BCUT2D eigenvalue weighted by Crippen LogP contribution is -2.39. The van der Waals surface area contributed by atoms with Gasteiger partial charge in [-0.2, -0.15) is 0 Å². The van der Waals surface area contributed by atoms with E-state index in [9.17, 15) is 4.79 Å². The lowest BCUT2D eigenvalue weighted by molar-refractivity contribution is -0.120. The Kier molecular flexibility index (Phi) is 5.06. The molecule has 0 radical (unpaired) electrons. The van der Waals surface area contributed by atoms with E-state index in [4.69, 9.17) is 9.47 Å². The molecule has 0 spiro atoms. The number of benzene rings is 2. The number of carbonyl (C=O) groups is 1. The molecule has 1 fully saturated rings. The monoisotopic (exact) mass is 365 g/mol. The first-order valence-corrected chi connectivity index (χ1v) is 9.87. The van der Waals surface area contributed by atoms with E-state index in [-0.39, 0.29) is 11.3 Å². The maximum atomic E-state index is 12.5. The zero-order valence-electron chi connectivity index (χ0n) is 15.9. The minimum Gasteiger partial charge on any atom is -0.486 e. The van der Waals surface area contributed by atoms with Gasteiger partial charge < -0.3 is 14.8 Å². The Morgan fingerprint density at radius 2 is 1.70 bits per heavy atom. The molecular weight excluding hydrogens is 338 g/mol. The largest absolute Gasteiger partial charge is 0.486 e. The van der Waals surface area contributed by atoms with Crippen molar-refractivity contribution in [2.75, 3.05) is 19.8 Å². The molecule has 1 aliphatic carbocycles. The van der Waals surface area contributed by atoms with Gasteiger partial charge in [0.25, 0.3) is 0 Å². The highest BCUT2D eigenvalue weighted by Gasteiger charge is 2.36. The Hall–Kier alpha value is -2.49. The minimum absolute atomic E-state index is 0.00122. The van der Waals surface area contributed by atoms with E-state index in [0.717, 1.165) is 29.9 Å². The van der Waals surface area contributed by atoms with E-state index < -0.39 is 0 Å². The summed E-state index contributed by atoms with van der Waals surface area (Å²) in [5, 5.41) is 3.20. The molecule has 2 aliphatic rings. The van der Waals surface area contributed by atoms with Crippen LogP contribution in [0.4, 0.5) is 0 Å². The Morgan fingerprint density at radius 3 is 2.44 bits per heavy atom. The number of hydrogen-bond donors (Lipinski definition) is 1. The lowest BCUT2D eigenvalue weighted by Gasteiger charge is -2.31. The predicted molar refractivity (Wildman–Crippen MR) is 105 cm³/mol. The SMILES string of the molecule is Cc1ccc(CC(=O)NCC2(c3ccc4c(c3)OCCO4)CCCC2)cc1. The van der Waals surface area contributed by atoms with Crippen molar-refractivity contribution >= 4 is 5.91 Å². The molecule has 142 valence electrons. The van der Waals surface area contributed by atoms with Crippen molar-refractivity contribution in [3.63, 3.8) is 0 Å². The van der Waals surface area contributed by atoms with Crippen LogP contribution >= 0.6 is 0 Å². The molecule has 0 bridgehead atoms. The van der Waals surface area contributed by atoms with Crippen molar-refractivity contribution in [2.24, 2.45) is 0 Å². The third-order valence-corrected chi connectivity index (χ3v) is 5.82. The number of aryl methyl sites for hydroxylation is 1. The maximum Gasteiger partial charge on any atom is 0.224 e. The van der Waals surface area contributed by atoms with Gasteiger partial charge in [0.1, 0.15) is 13.2 Å². The van der Waals surface area contributed by atoms with Crippen molar-refractivity contribution in [1.82, 2.24) is 5.32 Å². The second-order valence-corrected chi connectivity index (χ2v) is 7.78. The van der Waals surface area contributed by atoms with Crippen LogP contribution in [0.15, 0.2) is 42.5 Å². The summed E-state index contributed by atoms with van der Waals surface area (Å²) in [4.78, 5) is 12.5. The summed E-state index contributed by atoms with van der Waals surface area (Å²) >= 11 is 0. The molecule has 27 heavy (non-hydrogen) atoms. The highest BCUT2D eigenvalue weighted by molar-refractivity contribution is 5.78. The third-order valence-electron chi connectivity index (χ3n) is 5.82. The van der Waals surface area contributed by atoms with Crippen LogP contribution in [0.5, 0.6) is 11.5 Å². The van der Waals surface area contributed by atoms with Gasteiger partial charge in [-0.05, 0) is 43.0 Å². The fraction of sp³-hybridized carbons (Fsp3) is 0.435. The van der Waals surface area contributed by atoms with E-state index in [1.807, 2.05) is 18.2 Å². The van der Waals surface area contributed by atoms with Gasteiger partial charge in [-0.25, -0.2) is 0 Å². The summed E-state index contributed by atoms with van der Waals surface area (Å²) in [5.74, 6) is 1.74. The normalized spacial score (nSPS) is 17.5. The number of carbonyl (C=O) groups excluding carboxylic acids is 1. The smallest absolute Gasteiger partial charge is 0.224 e. The van der Waals surface area contributed by atoms with E-state index in [2.05, 4.69) is 36.5 Å². The van der Waals surface area contributed by atoms with Crippen molar-refractivity contribution in [1.29, 1.82) is 0 Å². The molecule has 2 aromatic rings. The summed E-state index contributed by atoms with van der Waals surface area (Å²) < 4.78 is 11.4. The molecule has 1 heterocycles. The molecule has 0 saturated heterocycles. The first kappa shape index (κ1) is 17.9. The van der Waals surface area contributed by atoms with Gasteiger partial charge in [0.05, 0.1) is 6.42 Å². The summed E-state index contributed by atoms with van der Waals surface area (Å²) in [6.07, 6.45) is 5.01. The van der Waals surface area contributed by atoms with Gasteiger partial charge in [-0.3, -0.25) is 4.79 Å². The number of amides is 1. The second kappa shape index (κ2) is 7.63. The highest BCUT2D eigenvalue weighted by atomic mass is 16.6. The quantitative estimate of drug-likeness (QED) is 0.873. The molecular formula is C23H27NO3. The van der Waals surface area contributed by atoms with E-state index in [0.29, 0.717) is 26.2 Å². The van der Waals surface area contributed by atoms with Gasteiger partial charge in [0, 0.05) is 12.0 Å². The third kappa shape index (κ3) is 3.95. The predicted octanol–water partition coefficient (Wildman–Crippen LogP) is 3.94. The number of hydrogen-bond acceptors (Lipinski definition) is 3. The Balaban J connectivity index is 1.46. The lowest BCUT2D eigenvalue weighted by atomic mass is 9.78. The van der Waals surface area contributed by atoms with Gasteiger partial charge in [-0.1, -0.05) is 48.7 Å². The van der Waals surface area contributed by atoms with Gasteiger partial charge in [0.2, 0.25) is 5.91 Å². The fourth-order valence-electron chi connectivity index (χ4n) is 4.21. The van der Waals surface area contributed by atoms with Crippen LogP contribution in [-0.4, -0.2) is 25.7 Å². The first-order valence-electron chi connectivity index (χ1n) is 9.87. The molecule has 0 aromatic heterocycles. The van der Waals surface area contributed by atoms with Gasteiger partial charge in [-0.15, -0.1) is 0 Å². The molecule has 0 atom stereocenters. The van der Waals surface area contributed by atoms with Crippen LogP contribution in [0.25, 0.3) is 0 Å². The number of ether oxygens (including phenoxy) is 2. The molecule has 1 N–H and O–H groups in total. The topological polar surface area (TPSA) is 47.6 Å². The van der Waals surface area contributed by atoms with Crippen LogP contribution in [0.3, 0.4) is 0 Å². The molecule has 1 saturated carbocycles. The molecule has 2 aromatic carbocycles. The molecule has 0 unspecified atom stereocenters. The van der Waals surface area contributed by atoms with Crippen LogP contribution < -0.4 is 14.8 Å². The molecule has 4 rings (SSSR count). The standard InChI is InChI=1S/C23H27NO3/c1-17-4-6-18(7-5-17)14-22(25)24-16-23(10-2-3-11-23)19-8-9-20-21(15-19)27-13-12-26-20/h4-9,15H,2-3,10-14,16H2,1H3,(H,24,25). The zero-order chi connectivity index (χ0) is 18.7. The highest BCUT2D eigenvalue weighted by Crippen LogP contribution is 2.43. The van der Waals surface area contributed by atoms with Crippen LogP contribution in [0.2, 0.25) is 0 Å². The zero-order valence-corrected chi connectivity index (χ0v) is 15.9. The molecule has 1 amide bonds. The van der Waals surface area contributed by atoms with Crippen LogP contribution in [-0.2, 0) is 16.6 Å². The maximum absolute atomic E-state index is 12.5. The second-order valence-electron chi connectivity index (χ2n) is 7.78. The van der Waals surface area contributed by atoms with Crippen molar-refractivity contribution in [2.45, 2.75) is 44.4 Å². The summed E-state index contributed by atoms with van der Waals surface area (Å²) in [6, 6.07) is 14.4. The first-order chi connectivity index (χ1) is 13.1. The van der Waals surface area contributed by atoms with E-state index >= 15 is 0 Å². The Morgan fingerprint density at radius 1 is 1.00 bits per heavy atom. The minimum atomic E-state index is -0.00122. The average molecular weight is 365 g/mol. The molecule has 1 aliphatic heterocycles. The molecule has 4 heteroatoms. The van der Waals surface area contributed by atoms with Crippen molar-refractivity contribution in [3.05, 3.63) is 59.2 Å². The Labute approximate surface area is 160 Å². The summed E-state index contributed by atoms with van der Waals surface area (Å²) in [7, 11) is 0. The van der Waals surface area contributed by atoms with E-state index in [1.165, 1.54) is 24.0 Å².